The molecule has 2 aliphatic carbocycles. The number of rotatable bonds is 5. The Morgan fingerprint density at radius 2 is 1.93 bits per heavy atom. The molecule has 15 heavy (non-hydrogen) atoms. The van der Waals surface area contributed by atoms with Gasteiger partial charge in [-0.15, -0.1) is 0 Å². The number of nitrogens with zero attached hydrogens (tertiary/aromatic N) is 1. The van der Waals surface area contributed by atoms with Crippen LogP contribution in [-0.2, 0) is 4.79 Å². The highest BCUT2D eigenvalue weighted by Gasteiger charge is 2.36. The average Bonchev–Trinajstić information content (AvgIpc) is 2.90. The van der Waals surface area contributed by atoms with Crippen molar-refractivity contribution in [3.8, 4) is 0 Å². The Kier molecular flexibility index (Phi) is 3.29. The first-order chi connectivity index (χ1) is 7.18. The highest BCUT2D eigenvalue weighted by molar-refractivity contribution is 5.69. The normalized spacial score (nSPS) is 24.7. The number of carboxylic acids is 1. The Morgan fingerprint density at radius 1 is 1.33 bits per heavy atom. The van der Waals surface area contributed by atoms with Crippen molar-refractivity contribution >= 4 is 5.97 Å². The minimum atomic E-state index is -0.672. The van der Waals surface area contributed by atoms with Crippen LogP contribution in [0, 0.1) is 5.92 Å². The summed E-state index contributed by atoms with van der Waals surface area (Å²) in [4.78, 5) is 13.1. The summed E-state index contributed by atoms with van der Waals surface area (Å²) in [5.74, 6) is 0.0966. The van der Waals surface area contributed by atoms with Crippen molar-refractivity contribution < 1.29 is 9.90 Å². The average molecular weight is 211 g/mol. The molecule has 2 saturated carbocycles. The summed E-state index contributed by atoms with van der Waals surface area (Å²) in [6, 6.07) is 1.01. The zero-order valence-corrected chi connectivity index (χ0v) is 9.48. The van der Waals surface area contributed by atoms with Gasteiger partial charge in [-0.2, -0.15) is 0 Å². The van der Waals surface area contributed by atoms with Crippen LogP contribution in [0.2, 0.25) is 0 Å². The van der Waals surface area contributed by atoms with Crippen LogP contribution in [0.15, 0.2) is 0 Å². The van der Waals surface area contributed by atoms with Gasteiger partial charge in [0.2, 0.25) is 0 Å². The number of carboxylic acid groups (broad SMARTS) is 1. The van der Waals surface area contributed by atoms with E-state index in [0.29, 0.717) is 12.1 Å². The lowest BCUT2D eigenvalue weighted by molar-refractivity contribution is -0.139. The highest BCUT2D eigenvalue weighted by atomic mass is 16.4. The third kappa shape index (κ3) is 2.71. The summed E-state index contributed by atoms with van der Waals surface area (Å²) < 4.78 is 0. The summed E-state index contributed by atoms with van der Waals surface area (Å²) in [5, 5.41) is 8.95. The second kappa shape index (κ2) is 4.52. The van der Waals surface area contributed by atoms with Crippen LogP contribution >= 0.6 is 0 Å². The van der Waals surface area contributed by atoms with E-state index in [-0.39, 0.29) is 6.54 Å². The van der Waals surface area contributed by atoms with Crippen LogP contribution < -0.4 is 0 Å². The van der Waals surface area contributed by atoms with Crippen molar-refractivity contribution in [1.82, 2.24) is 4.90 Å². The molecule has 0 radical (unpaired) electrons. The molecule has 2 aliphatic rings. The lowest BCUT2D eigenvalue weighted by Crippen LogP contribution is -2.44. The van der Waals surface area contributed by atoms with Gasteiger partial charge in [-0.05, 0) is 38.5 Å². The Morgan fingerprint density at radius 3 is 2.40 bits per heavy atom. The van der Waals surface area contributed by atoms with Gasteiger partial charge >= 0.3 is 5.97 Å². The molecule has 0 aromatic carbocycles. The van der Waals surface area contributed by atoms with Crippen LogP contribution in [0.5, 0.6) is 0 Å². The van der Waals surface area contributed by atoms with E-state index < -0.39 is 5.97 Å². The maximum Gasteiger partial charge on any atom is 0.317 e. The Hall–Kier alpha value is -0.570. The van der Waals surface area contributed by atoms with E-state index in [1.54, 1.807) is 0 Å². The van der Waals surface area contributed by atoms with E-state index in [1.807, 2.05) is 0 Å². The second-order valence-electron chi connectivity index (χ2n) is 5.08. The first-order valence-electron chi connectivity index (χ1n) is 6.16. The predicted molar refractivity (Wildman–Crippen MR) is 58.8 cm³/mol. The smallest absolute Gasteiger partial charge is 0.317 e. The minimum Gasteiger partial charge on any atom is -0.480 e. The standard InChI is InChI=1S/C12H21NO2/c1-9(10-6-7-10)13(8-12(14)15)11-4-2-3-5-11/h9-11H,2-8H2,1H3,(H,14,15). The van der Waals surface area contributed by atoms with E-state index in [9.17, 15) is 4.79 Å². The van der Waals surface area contributed by atoms with Crippen LogP contribution in [0.25, 0.3) is 0 Å². The van der Waals surface area contributed by atoms with Crippen molar-refractivity contribution in [2.45, 2.75) is 57.5 Å². The fourth-order valence-electron chi connectivity index (χ4n) is 2.85. The van der Waals surface area contributed by atoms with Crippen LogP contribution in [0.4, 0.5) is 0 Å². The first-order valence-corrected chi connectivity index (χ1v) is 6.16. The van der Waals surface area contributed by atoms with Crippen molar-refractivity contribution in [3.05, 3.63) is 0 Å². The summed E-state index contributed by atoms with van der Waals surface area (Å²) >= 11 is 0. The predicted octanol–water partition coefficient (Wildman–Crippen LogP) is 2.11. The van der Waals surface area contributed by atoms with Gasteiger partial charge in [-0.25, -0.2) is 0 Å². The molecule has 0 heterocycles. The zero-order chi connectivity index (χ0) is 10.8. The summed E-state index contributed by atoms with van der Waals surface area (Å²) in [7, 11) is 0. The molecule has 0 aliphatic heterocycles. The van der Waals surface area contributed by atoms with Gasteiger partial charge in [0, 0.05) is 12.1 Å². The number of hydrogen-bond donors (Lipinski definition) is 1. The van der Waals surface area contributed by atoms with Crippen molar-refractivity contribution in [2.75, 3.05) is 6.54 Å². The molecule has 1 atom stereocenters. The first kappa shape index (κ1) is 10.9. The maximum atomic E-state index is 10.9. The third-order valence-corrected chi connectivity index (χ3v) is 3.94. The zero-order valence-electron chi connectivity index (χ0n) is 9.48. The molecule has 0 saturated heterocycles. The van der Waals surface area contributed by atoms with E-state index >= 15 is 0 Å². The van der Waals surface area contributed by atoms with E-state index in [2.05, 4.69) is 11.8 Å². The molecule has 0 spiro atoms. The van der Waals surface area contributed by atoms with Gasteiger partial charge in [0.25, 0.3) is 0 Å². The monoisotopic (exact) mass is 211 g/mol. The van der Waals surface area contributed by atoms with Crippen molar-refractivity contribution in [1.29, 1.82) is 0 Å². The Labute approximate surface area is 91.5 Å². The summed E-state index contributed by atoms with van der Waals surface area (Å²) in [6.07, 6.45) is 7.54. The number of carbonyl (C=O) groups is 1. The molecule has 2 rings (SSSR count). The lowest BCUT2D eigenvalue weighted by atomic mass is 10.1. The van der Waals surface area contributed by atoms with E-state index in [1.165, 1.54) is 38.5 Å². The molecular weight excluding hydrogens is 190 g/mol. The fraction of sp³-hybridized carbons (Fsp3) is 0.917. The quantitative estimate of drug-likeness (QED) is 0.757. The van der Waals surface area contributed by atoms with Crippen molar-refractivity contribution in [3.63, 3.8) is 0 Å². The van der Waals surface area contributed by atoms with Crippen molar-refractivity contribution in [2.24, 2.45) is 5.92 Å². The van der Waals surface area contributed by atoms with Gasteiger partial charge in [0.05, 0.1) is 6.54 Å². The summed E-state index contributed by atoms with van der Waals surface area (Å²) in [6.45, 7) is 2.45. The van der Waals surface area contributed by atoms with Gasteiger partial charge in [-0.1, -0.05) is 12.8 Å². The molecular formula is C12H21NO2. The van der Waals surface area contributed by atoms with Crippen LogP contribution in [0.1, 0.15) is 45.4 Å². The van der Waals surface area contributed by atoms with Crippen LogP contribution in [0.3, 0.4) is 0 Å². The number of hydrogen-bond acceptors (Lipinski definition) is 2. The fourth-order valence-corrected chi connectivity index (χ4v) is 2.85. The molecule has 1 N–H and O–H groups in total. The highest BCUT2D eigenvalue weighted by Crippen LogP contribution is 2.37. The van der Waals surface area contributed by atoms with Gasteiger partial charge < -0.3 is 5.11 Å². The number of aliphatic carboxylic acids is 1. The maximum absolute atomic E-state index is 10.9. The third-order valence-electron chi connectivity index (χ3n) is 3.94. The molecule has 3 heteroatoms. The van der Waals surface area contributed by atoms with E-state index in [0.717, 1.165) is 5.92 Å². The molecule has 2 fully saturated rings. The molecule has 0 bridgehead atoms. The molecule has 86 valence electrons. The van der Waals surface area contributed by atoms with E-state index in [4.69, 9.17) is 5.11 Å². The van der Waals surface area contributed by atoms with Gasteiger partial charge in [0.15, 0.2) is 0 Å². The molecule has 0 aromatic rings. The van der Waals surface area contributed by atoms with Crippen LogP contribution in [-0.4, -0.2) is 34.6 Å². The molecule has 0 amide bonds. The Balaban J connectivity index is 1.96. The minimum absolute atomic E-state index is 0.238. The molecule has 1 unspecified atom stereocenters. The molecule has 3 nitrogen and oxygen atoms in total. The van der Waals surface area contributed by atoms with Gasteiger partial charge in [0.1, 0.15) is 0 Å². The summed E-state index contributed by atoms with van der Waals surface area (Å²) in [5.41, 5.74) is 0. The largest absolute Gasteiger partial charge is 0.480 e. The Bertz CT molecular complexity index is 230. The topological polar surface area (TPSA) is 40.5 Å². The molecule has 0 aromatic heterocycles. The second-order valence-corrected chi connectivity index (χ2v) is 5.08. The van der Waals surface area contributed by atoms with Gasteiger partial charge in [-0.3, -0.25) is 9.69 Å². The lowest BCUT2D eigenvalue weighted by Gasteiger charge is -2.33. The SMILES string of the molecule is CC(C1CC1)N(CC(=O)O)C1CCCC1.